The molecule has 0 saturated heterocycles. The normalized spacial score (nSPS) is 13.6. The van der Waals surface area contributed by atoms with E-state index in [1.54, 1.807) is 24.3 Å². The zero-order chi connectivity index (χ0) is 38.9. The molecule has 1 atom stereocenters. The van der Waals surface area contributed by atoms with E-state index in [2.05, 4.69) is 41.5 Å². The third-order valence-corrected chi connectivity index (χ3v) is 8.27. The molecule has 1 aromatic heterocycles. The molecule has 54 heavy (non-hydrogen) atoms. The smallest absolute Gasteiger partial charge is 0.422 e. The maximum atomic E-state index is 13.0. The van der Waals surface area contributed by atoms with E-state index in [-0.39, 0.29) is 37.0 Å². The SMILES string of the molecule is O=C(NCCc1ccc(F)cc1)C(=O)NCC[C@H](NC(=O)c1ccc(Nc2nc(NC3(c4ccc(Cl)cc4)CC3)nc(OCC(F)(F)F)n2)cc1)C(=O)O. The van der Waals surface area contributed by atoms with E-state index in [1.165, 1.54) is 36.4 Å². The molecule has 0 radical (unpaired) electrons. The average molecular weight is 773 g/mol. The summed E-state index contributed by atoms with van der Waals surface area (Å²) in [5.41, 5.74) is 1.43. The van der Waals surface area contributed by atoms with E-state index >= 15 is 0 Å². The number of aromatic nitrogens is 3. The highest BCUT2D eigenvalue weighted by molar-refractivity contribution is 6.35. The molecule has 1 aliphatic rings. The van der Waals surface area contributed by atoms with Gasteiger partial charge in [-0.25, -0.2) is 9.18 Å². The van der Waals surface area contributed by atoms with Gasteiger partial charge >= 0.3 is 30.0 Å². The van der Waals surface area contributed by atoms with Gasteiger partial charge in [-0.2, -0.15) is 28.1 Å². The Balaban J connectivity index is 1.15. The van der Waals surface area contributed by atoms with Crippen LogP contribution < -0.4 is 31.3 Å². The summed E-state index contributed by atoms with van der Waals surface area (Å²) < 4.78 is 56.6. The molecule has 3 amide bonds. The van der Waals surface area contributed by atoms with Crippen LogP contribution in [-0.4, -0.2) is 75.7 Å². The van der Waals surface area contributed by atoms with Crippen molar-refractivity contribution >= 4 is 52.9 Å². The van der Waals surface area contributed by atoms with Crippen LogP contribution in [-0.2, 0) is 26.3 Å². The third kappa shape index (κ3) is 11.5. The van der Waals surface area contributed by atoms with Gasteiger partial charge in [-0.1, -0.05) is 35.9 Å². The van der Waals surface area contributed by atoms with Crippen LogP contribution in [0.2, 0.25) is 5.02 Å². The molecular formula is C35H33ClF4N8O6. The maximum Gasteiger partial charge on any atom is 0.422 e. The van der Waals surface area contributed by atoms with Crippen molar-refractivity contribution in [1.82, 2.24) is 30.9 Å². The first-order valence-electron chi connectivity index (χ1n) is 16.4. The topological polar surface area (TPSA) is 197 Å². The number of anilines is 3. The zero-order valence-electron chi connectivity index (χ0n) is 28.2. The van der Waals surface area contributed by atoms with E-state index in [0.717, 1.165) is 11.1 Å². The number of rotatable bonds is 16. The molecule has 0 unspecified atom stereocenters. The number of ether oxygens (including phenoxy) is 1. The van der Waals surface area contributed by atoms with E-state index in [0.29, 0.717) is 30.0 Å². The van der Waals surface area contributed by atoms with Gasteiger partial charge in [0.05, 0.1) is 5.54 Å². The first kappa shape index (κ1) is 39.2. The van der Waals surface area contributed by atoms with Crippen LogP contribution in [0.4, 0.5) is 35.1 Å². The molecule has 0 spiro atoms. The van der Waals surface area contributed by atoms with E-state index in [9.17, 15) is 41.8 Å². The summed E-state index contributed by atoms with van der Waals surface area (Å²) in [4.78, 5) is 61.2. The van der Waals surface area contributed by atoms with Crippen LogP contribution in [0.1, 0.15) is 40.7 Å². The number of alkyl halides is 3. The fourth-order valence-electron chi connectivity index (χ4n) is 5.07. The summed E-state index contributed by atoms with van der Waals surface area (Å²) in [5.74, 6) is -4.70. The standard InChI is InChI=1S/C35H33ClF4N8O6/c36-23-7-5-22(6-8-23)34(15-16-34)48-32-45-31(46-33(47-32)54-19-35(38,39)40)43-25-11-3-21(4-12-25)27(49)44-26(30(52)53)14-18-42-29(51)28(50)41-17-13-20-1-9-24(37)10-2-20/h1-12,26H,13-19H2,(H,41,50)(H,42,51)(H,44,49)(H,52,53)(H2,43,45,46,47,48)/t26-/m0/s1. The molecule has 1 aliphatic carbocycles. The minimum atomic E-state index is -4.65. The minimum Gasteiger partial charge on any atom is -0.480 e. The van der Waals surface area contributed by atoms with Crippen molar-refractivity contribution in [2.45, 2.75) is 43.4 Å². The third-order valence-electron chi connectivity index (χ3n) is 8.02. The number of carboxylic acid groups (broad SMARTS) is 1. The molecule has 284 valence electrons. The zero-order valence-corrected chi connectivity index (χ0v) is 28.9. The number of amides is 3. The number of carbonyl (C=O) groups excluding carboxylic acids is 3. The first-order chi connectivity index (χ1) is 25.7. The van der Waals surface area contributed by atoms with E-state index in [1.807, 2.05) is 12.1 Å². The van der Waals surface area contributed by atoms with Gasteiger partial charge in [-0.15, -0.1) is 0 Å². The van der Waals surface area contributed by atoms with Crippen LogP contribution in [0, 0.1) is 5.82 Å². The van der Waals surface area contributed by atoms with Crippen LogP contribution in [0.15, 0.2) is 72.8 Å². The van der Waals surface area contributed by atoms with Crippen LogP contribution in [0.3, 0.4) is 0 Å². The van der Waals surface area contributed by atoms with Crippen molar-refractivity contribution in [3.05, 3.63) is 100 Å². The Morgan fingerprint density at radius 2 is 1.48 bits per heavy atom. The quantitative estimate of drug-likeness (QED) is 0.0693. The molecule has 3 aromatic carbocycles. The Morgan fingerprint density at radius 1 is 0.852 bits per heavy atom. The Bertz CT molecular complexity index is 1960. The van der Waals surface area contributed by atoms with Crippen LogP contribution in [0.5, 0.6) is 6.01 Å². The monoisotopic (exact) mass is 772 g/mol. The first-order valence-corrected chi connectivity index (χ1v) is 16.8. The Kier molecular flexibility index (Phi) is 12.5. The number of carbonyl (C=O) groups is 4. The Hall–Kier alpha value is -6.04. The van der Waals surface area contributed by atoms with Crippen molar-refractivity contribution in [1.29, 1.82) is 0 Å². The molecule has 5 rings (SSSR count). The molecule has 1 heterocycles. The largest absolute Gasteiger partial charge is 0.480 e. The minimum absolute atomic E-state index is 0.0495. The van der Waals surface area contributed by atoms with Crippen molar-refractivity contribution in [3.63, 3.8) is 0 Å². The molecule has 6 N–H and O–H groups in total. The molecule has 0 aliphatic heterocycles. The number of carboxylic acids is 1. The predicted octanol–water partition coefficient (Wildman–Crippen LogP) is 4.50. The number of aliphatic carboxylic acids is 1. The van der Waals surface area contributed by atoms with Gasteiger partial charge in [0.1, 0.15) is 11.9 Å². The second kappa shape index (κ2) is 17.2. The van der Waals surface area contributed by atoms with Gasteiger partial charge in [-0.3, -0.25) is 14.4 Å². The molecular weight excluding hydrogens is 740 g/mol. The number of nitrogens with one attached hydrogen (secondary N) is 5. The van der Waals surface area contributed by atoms with Crippen molar-refractivity contribution < 1.29 is 46.6 Å². The molecule has 0 bridgehead atoms. The lowest BCUT2D eigenvalue weighted by Crippen LogP contribution is -2.45. The van der Waals surface area contributed by atoms with Gasteiger partial charge < -0.3 is 36.4 Å². The molecule has 1 fully saturated rings. The fraction of sp³-hybridized carbons (Fsp3) is 0.286. The summed E-state index contributed by atoms with van der Waals surface area (Å²) in [6.07, 6.45) is -3.15. The predicted molar refractivity (Wildman–Crippen MR) is 187 cm³/mol. The highest BCUT2D eigenvalue weighted by Crippen LogP contribution is 2.48. The Morgan fingerprint density at radius 3 is 2.09 bits per heavy atom. The molecule has 4 aromatic rings. The van der Waals surface area contributed by atoms with Crippen LogP contribution >= 0.6 is 11.6 Å². The lowest BCUT2D eigenvalue weighted by molar-refractivity contribution is -0.154. The van der Waals surface area contributed by atoms with E-state index in [4.69, 9.17) is 16.3 Å². The van der Waals surface area contributed by atoms with Gasteiger partial charge in [0.25, 0.3) is 5.91 Å². The van der Waals surface area contributed by atoms with E-state index < -0.39 is 59.9 Å². The summed E-state index contributed by atoms with van der Waals surface area (Å²) in [5, 5.41) is 23.2. The highest BCUT2D eigenvalue weighted by Gasteiger charge is 2.45. The lowest BCUT2D eigenvalue weighted by Gasteiger charge is -2.19. The summed E-state index contributed by atoms with van der Waals surface area (Å²) >= 11 is 6.01. The van der Waals surface area contributed by atoms with Gasteiger partial charge in [-0.05, 0) is 85.3 Å². The number of benzene rings is 3. The van der Waals surface area contributed by atoms with Crippen molar-refractivity contribution in [3.8, 4) is 6.01 Å². The number of nitrogens with zero attached hydrogens (tertiary/aromatic N) is 3. The summed E-state index contributed by atoms with van der Waals surface area (Å²) in [6, 6.07) is 16.3. The highest BCUT2D eigenvalue weighted by atomic mass is 35.5. The van der Waals surface area contributed by atoms with Crippen molar-refractivity contribution in [2.24, 2.45) is 0 Å². The fourth-order valence-corrected chi connectivity index (χ4v) is 5.19. The molecule has 19 heteroatoms. The number of halogens is 5. The van der Waals surface area contributed by atoms with Crippen molar-refractivity contribution in [2.75, 3.05) is 30.3 Å². The second-order valence-electron chi connectivity index (χ2n) is 12.1. The Labute approximate surface area is 310 Å². The average Bonchev–Trinajstić information content (AvgIpc) is 3.91. The maximum absolute atomic E-state index is 13.0. The lowest BCUT2D eigenvalue weighted by atomic mass is 10.1. The van der Waals surface area contributed by atoms with Crippen LogP contribution in [0.25, 0.3) is 0 Å². The summed E-state index contributed by atoms with van der Waals surface area (Å²) in [7, 11) is 0. The second-order valence-corrected chi connectivity index (χ2v) is 12.6. The van der Waals surface area contributed by atoms with Gasteiger partial charge in [0.15, 0.2) is 6.61 Å². The number of hydrogen-bond donors (Lipinski definition) is 6. The molecule has 1 saturated carbocycles. The molecule has 14 nitrogen and oxygen atoms in total. The van der Waals surface area contributed by atoms with Gasteiger partial charge in [0.2, 0.25) is 11.9 Å². The number of hydrogen-bond acceptors (Lipinski definition) is 10. The van der Waals surface area contributed by atoms with Gasteiger partial charge in [0, 0.05) is 29.4 Å². The summed E-state index contributed by atoms with van der Waals surface area (Å²) in [6.45, 7) is -1.78.